The Morgan fingerprint density at radius 2 is 2.12 bits per heavy atom. The molecule has 3 fully saturated rings. The Morgan fingerprint density at radius 3 is 2.92 bits per heavy atom. The van der Waals surface area contributed by atoms with E-state index < -0.39 is 0 Å². The lowest BCUT2D eigenvalue weighted by Gasteiger charge is -2.20. The Bertz CT molecular complexity index is 774. The van der Waals surface area contributed by atoms with E-state index in [1.54, 1.807) is 16.2 Å². The van der Waals surface area contributed by atoms with Gasteiger partial charge in [-0.3, -0.25) is 0 Å². The largest absolute Gasteiger partial charge is 0.444 e. The van der Waals surface area contributed by atoms with E-state index in [-0.39, 0.29) is 18.2 Å². The first kappa shape index (κ1) is 16.0. The number of likely N-dealkylation sites (tertiary alicyclic amines) is 1. The van der Waals surface area contributed by atoms with Gasteiger partial charge in [-0.05, 0) is 19.3 Å². The minimum atomic E-state index is -0.207. The van der Waals surface area contributed by atoms with E-state index in [0.29, 0.717) is 19.0 Å². The maximum absolute atomic E-state index is 12.5. The summed E-state index contributed by atoms with van der Waals surface area (Å²) in [6, 6.07) is 0.206. The van der Waals surface area contributed by atoms with Gasteiger partial charge in [0.05, 0.1) is 18.3 Å². The quantitative estimate of drug-likeness (QED) is 0.817. The monoisotopic (exact) mass is 374 g/mol. The molecule has 5 rings (SSSR count). The number of anilines is 1. The molecule has 2 aromatic rings. The van der Waals surface area contributed by atoms with Crippen molar-refractivity contribution in [2.45, 2.75) is 43.7 Å². The molecular weight excluding hydrogens is 352 g/mol. The molecule has 1 aliphatic carbocycles. The van der Waals surface area contributed by atoms with Crippen molar-refractivity contribution in [1.82, 2.24) is 24.9 Å². The van der Waals surface area contributed by atoms with Crippen LogP contribution in [0.3, 0.4) is 0 Å². The molecule has 0 N–H and O–H groups in total. The van der Waals surface area contributed by atoms with Gasteiger partial charge in [0.1, 0.15) is 6.10 Å². The molecule has 2 aromatic heterocycles. The van der Waals surface area contributed by atoms with Gasteiger partial charge in [0.15, 0.2) is 5.13 Å². The van der Waals surface area contributed by atoms with Crippen LogP contribution in [-0.2, 0) is 4.74 Å². The van der Waals surface area contributed by atoms with Crippen molar-refractivity contribution < 1.29 is 9.53 Å². The van der Waals surface area contributed by atoms with Crippen molar-refractivity contribution in [3.63, 3.8) is 0 Å². The zero-order chi connectivity index (χ0) is 17.5. The summed E-state index contributed by atoms with van der Waals surface area (Å²) in [6.45, 7) is 2.97. The Morgan fingerprint density at radius 1 is 1.19 bits per heavy atom. The molecule has 2 atom stereocenters. The lowest BCUT2D eigenvalue weighted by molar-refractivity contribution is 0.0764. The van der Waals surface area contributed by atoms with Crippen LogP contribution in [-0.4, -0.2) is 63.3 Å². The topological polar surface area (TPSA) is 76.4 Å². The molecule has 4 heterocycles. The molecule has 1 amide bonds. The van der Waals surface area contributed by atoms with Gasteiger partial charge in [-0.25, -0.2) is 14.5 Å². The highest BCUT2D eigenvalue weighted by Crippen LogP contribution is 2.39. The fourth-order valence-electron chi connectivity index (χ4n) is 3.75. The normalized spacial score (nSPS) is 25.8. The van der Waals surface area contributed by atoms with Gasteiger partial charge >= 0.3 is 6.09 Å². The van der Waals surface area contributed by atoms with Crippen molar-refractivity contribution >= 4 is 22.6 Å². The summed E-state index contributed by atoms with van der Waals surface area (Å²) in [5.74, 6) is 0.606. The van der Waals surface area contributed by atoms with Crippen LogP contribution in [0.4, 0.5) is 9.93 Å². The third-order valence-electron chi connectivity index (χ3n) is 5.42. The third-order valence-corrected chi connectivity index (χ3v) is 6.25. The average Bonchev–Trinajstić information content (AvgIpc) is 3.18. The second-order valence-electron chi connectivity index (χ2n) is 7.34. The molecule has 2 aliphatic heterocycles. The molecule has 3 aliphatic rings. The first-order valence-electron chi connectivity index (χ1n) is 9.28. The Balaban J connectivity index is 1.14. The first-order valence-corrected chi connectivity index (χ1v) is 10.2. The van der Waals surface area contributed by atoms with Crippen molar-refractivity contribution in [2.24, 2.45) is 0 Å². The summed E-state index contributed by atoms with van der Waals surface area (Å²) < 4.78 is 7.67. The predicted octanol–water partition coefficient (Wildman–Crippen LogP) is 2.27. The van der Waals surface area contributed by atoms with E-state index in [1.165, 1.54) is 12.8 Å². The Labute approximate surface area is 155 Å². The minimum Gasteiger partial charge on any atom is -0.444 e. The number of aromatic nitrogens is 4. The van der Waals surface area contributed by atoms with E-state index >= 15 is 0 Å². The van der Waals surface area contributed by atoms with Gasteiger partial charge < -0.3 is 14.5 Å². The number of amides is 1. The van der Waals surface area contributed by atoms with Crippen LogP contribution in [0, 0.1) is 0 Å². The molecule has 0 spiro atoms. The standard InChI is InChI=1S/C17H22N6O2S/c24-17(25-14-4-7-21(10-14)16-18-5-8-26-16)22-6-3-13(9-22)23-11-15(19-20-23)12-1-2-12/h5,8,11-14H,1-4,6-7,9-10H2/t13-,14-/m1/s1. The molecule has 26 heavy (non-hydrogen) atoms. The Hall–Kier alpha value is -2.16. The number of ether oxygens (including phenoxy) is 1. The highest BCUT2D eigenvalue weighted by atomic mass is 32.1. The predicted molar refractivity (Wildman–Crippen MR) is 96.4 cm³/mol. The molecule has 9 heteroatoms. The van der Waals surface area contributed by atoms with Crippen molar-refractivity contribution in [2.75, 3.05) is 31.1 Å². The zero-order valence-corrected chi connectivity index (χ0v) is 15.3. The van der Waals surface area contributed by atoms with Gasteiger partial charge in [0, 0.05) is 49.7 Å². The zero-order valence-electron chi connectivity index (χ0n) is 14.5. The molecule has 2 saturated heterocycles. The highest BCUT2D eigenvalue weighted by Gasteiger charge is 2.34. The van der Waals surface area contributed by atoms with E-state index in [1.807, 2.05) is 16.3 Å². The number of nitrogens with zero attached hydrogens (tertiary/aromatic N) is 6. The fourth-order valence-corrected chi connectivity index (χ4v) is 4.43. The summed E-state index contributed by atoms with van der Waals surface area (Å²) in [4.78, 5) is 20.8. The summed E-state index contributed by atoms with van der Waals surface area (Å²) >= 11 is 1.62. The lowest BCUT2D eigenvalue weighted by atomic mass is 10.2. The van der Waals surface area contributed by atoms with Crippen LogP contribution in [0.5, 0.6) is 0 Å². The maximum atomic E-state index is 12.5. The number of hydrogen-bond donors (Lipinski definition) is 0. The summed E-state index contributed by atoms with van der Waals surface area (Å²) in [5, 5.41) is 11.5. The highest BCUT2D eigenvalue weighted by molar-refractivity contribution is 7.13. The second kappa shape index (κ2) is 6.53. The molecule has 0 bridgehead atoms. The number of thiazole rings is 1. The SMILES string of the molecule is O=C(O[C@@H]1CCN(c2nccs2)C1)N1CC[C@@H](n2cc(C3CC3)nn2)C1. The van der Waals surface area contributed by atoms with Crippen LogP contribution < -0.4 is 4.90 Å². The van der Waals surface area contributed by atoms with Crippen molar-refractivity contribution in [3.8, 4) is 0 Å². The van der Waals surface area contributed by atoms with E-state index in [4.69, 9.17) is 4.74 Å². The molecule has 0 aromatic carbocycles. The van der Waals surface area contributed by atoms with Crippen molar-refractivity contribution in [1.29, 1.82) is 0 Å². The average molecular weight is 374 g/mol. The molecule has 0 radical (unpaired) electrons. The van der Waals surface area contributed by atoms with Crippen molar-refractivity contribution in [3.05, 3.63) is 23.5 Å². The first-order chi connectivity index (χ1) is 12.8. The maximum Gasteiger partial charge on any atom is 0.410 e. The van der Waals surface area contributed by atoms with E-state index in [9.17, 15) is 4.79 Å². The van der Waals surface area contributed by atoms with Gasteiger partial charge in [0.25, 0.3) is 0 Å². The van der Waals surface area contributed by atoms with Gasteiger partial charge in [-0.2, -0.15) is 0 Å². The van der Waals surface area contributed by atoms with Gasteiger partial charge in [-0.1, -0.05) is 5.21 Å². The molecule has 0 unspecified atom stereocenters. The Kier molecular flexibility index (Phi) is 4.03. The van der Waals surface area contributed by atoms with Crippen LogP contribution in [0.2, 0.25) is 0 Å². The summed E-state index contributed by atoms with van der Waals surface area (Å²) in [6.07, 6.45) is 7.80. The van der Waals surface area contributed by atoms with Crippen LogP contribution >= 0.6 is 11.3 Å². The molecule has 138 valence electrons. The second-order valence-corrected chi connectivity index (χ2v) is 8.21. The molecule has 1 saturated carbocycles. The third kappa shape index (κ3) is 3.15. The number of carbonyl (C=O) groups excluding carboxylic acids is 1. The van der Waals surface area contributed by atoms with Gasteiger partial charge in [0.2, 0.25) is 0 Å². The smallest absolute Gasteiger partial charge is 0.410 e. The van der Waals surface area contributed by atoms with Crippen LogP contribution in [0.1, 0.15) is 43.3 Å². The molecule has 8 nitrogen and oxygen atoms in total. The van der Waals surface area contributed by atoms with E-state index in [2.05, 4.69) is 26.4 Å². The summed E-state index contributed by atoms with van der Waals surface area (Å²) in [5.41, 5.74) is 1.10. The van der Waals surface area contributed by atoms with E-state index in [0.717, 1.165) is 36.8 Å². The van der Waals surface area contributed by atoms with Crippen LogP contribution in [0.25, 0.3) is 0 Å². The number of carbonyl (C=O) groups is 1. The number of rotatable bonds is 4. The fraction of sp³-hybridized carbons (Fsp3) is 0.647. The van der Waals surface area contributed by atoms with Gasteiger partial charge in [-0.15, -0.1) is 16.4 Å². The molecular formula is C17H22N6O2S. The summed E-state index contributed by atoms with van der Waals surface area (Å²) in [7, 11) is 0. The number of hydrogen-bond acceptors (Lipinski definition) is 7. The minimum absolute atomic E-state index is 0.0571. The van der Waals surface area contributed by atoms with Crippen LogP contribution in [0.15, 0.2) is 17.8 Å². The lowest BCUT2D eigenvalue weighted by Crippen LogP contribution is -2.34.